The number of nitrogens with one attached hydrogen (secondary N) is 1. The Labute approximate surface area is 90.2 Å². The van der Waals surface area contributed by atoms with Gasteiger partial charge in [0, 0.05) is 12.1 Å². The van der Waals surface area contributed by atoms with Crippen molar-refractivity contribution in [2.45, 2.75) is 46.0 Å². The van der Waals surface area contributed by atoms with E-state index in [0.717, 1.165) is 17.8 Å². The fourth-order valence-corrected chi connectivity index (χ4v) is 1.71. The molecule has 0 aromatic carbocycles. The van der Waals surface area contributed by atoms with Gasteiger partial charge in [0.15, 0.2) is 0 Å². The number of carbonyl (C=O) groups is 1. The van der Waals surface area contributed by atoms with Crippen molar-refractivity contribution >= 4 is 5.91 Å². The highest BCUT2D eigenvalue weighted by molar-refractivity contribution is 5.74. The molecule has 1 rings (SSSR count). The smallest absolute Gasteiger partial charge is 0.217 e. The van der Waals surface area contributed by atoms with Gasteiger partial charge in [-0.1, -0.05) is 20.8 Å². The van der Waals surface area contributed by atoms with Gasteiger partial charge in [-0.25, -0.2) is 0 Å². The maximum atomic E-state index is 10.8. The van der Waals surface area contributed by atoms with Gasteiger partial charge in [-0.3, -0.25) is 9.89 Å². The van der Waals surface area contributed by atoms with Crippen LogP contribution in [0.2, 0.25) is 0 Å². The number of nitrogens with zero attached hydrogens (tertiary/aromatic N) is 1. The predicted molar refractivity (Wildman–Crippen MR) is 59.6 cm³/mol. The number of aromatic amines is 1. The normalized spacial score (nSPS) is 10.9. The third kappa shape index (κ3) is 2.81. The van der Waals surface area contributed by atoms with Gasteiger partial charge in [-0.05, 0) is 24.3 Å². The molecule has 3 N–H and O–H groups in total. The minimum Gasteiger partial charge on any atom is -0.370 e. The number of aromatic nitrogens is 2. The van der Waals surface area contributed by atoms with Gasteiger partial charge in [0.1, 0.15) is 0 Å². The van der Waals surface area contributed by atoms with Crippen LogP contribution in [0.15, 0.2) is 0 Å². The first kappa shape index (κ1) is 11.8. The summed E-state index contributed by atoms with van der Waals surface area (Å²) in [4.78, 5) is 10.8. The number of hydrogen-bond acceptors (Lipinski definition) is 2. The Hall–Kier alpha value is -1.32. The van der Waals surface area contributed by atoms with E-state index in [1.165, 1.54) is 5.56 Å². The van der Waals surface area contributed by atoms with Crippen LogP contribution in [-0.2, 0) is 17.6 Å². The Bertz CT molecular complexity index is 342. The summed E-state index contributed by atoms with van der Waals surface area (Å²) in [6, 6.07) is 0. The molecule has 0 saturated carbocycles. The minimum absolute atomic E-state index is 0.257. The number of primary amides is 1. The first-order valence-corrected chi connectivity index (χ1v) is 5.40. The molecule has 0 bridgehead atoms. The lowest BCUT2D eigenvalue weighted by molar-refractivity contribution is -0.117. The summed E-state index contributed by atoms with van der Waals surface area (Å²) in [6.45, 7) is 6.28. The Morgan fingerprint density at radius 2 is 2.20 bits per heavy atom. The lowest BCUT2D eigenvalue weighted by Crippen LogP contribution is -2.12. The molecule has 15 heavy (non-hydrogen) atoms. The average Bonchev–Trinajstić information content (AvgIpc) is 2.57. The lowest BCUT2D eigenvalue weighted by Gasteiger charge is -2.05. The molecular weight excluding hydrogens is 190 g/mol. The van der Waals surface area contributed by atoms with Crippen molar-refractivity contribution in [2.24, 2.45) is 5.73 Å². The number of amides is 1. The van der Waals surface area contributed by atoms with E-state index in [1.807, 2.05) is 0 Å². The van der Waals surface area contributed by atoms with Gasteiger partial charge in [0.25, 0.3) is 0 Å². The fourth-order valence-electron chi connectivity index (χ4n) is 1.71. The summed E-state index contributed by atoms with van der Waals surface area (Å²) in [5.74, 6) is 0.123. The molecule has 0 atom stereocenters. The maximum absolute atomic E-state index is 10.8. The van der Waals surface area contributed by atoms with Crippen molar-refractivity contribution in [2.75, 3.05) is 0 Å². The highest BCUT2D eigenvalue weighted by atomic mass is 16.1. The topological polar surface area (TPSA) is 71.8 Å². The number of nitrogens with two attached hydrogens (primary N) is 1. The molecule has 0 saturated heterocycles. The SMILES string of the molecule is CCc1[nH]nc(C(C)C)c1CCC(N)=O. The standard InChI is InChI=1S/C11H19N3O/c1-4-9-8(5-6-10(12)15)11(7(2)3)14-13-9/h7H,4-6H2,1-3H3,(H2,12,15)(H,13,14). The van der Waals surface area contributed by atoms with Gasteiger partial charge in [-0.15, -0.1) is 0 Å². The predicted octanol–water partition coefficient (Wildman–Crippen LogP) is 1.51. The van der Waals surface area contributed by atoms with E-state index in [-0.39, 0.29) is 5.91 Å². The van der Waals surface area contributed by atoms with E-state index in [1.54, 1.807) is 0 Å². The van der Waals surface area contributed by atoms with Gasteiger partial charge in [-0.2, -0.15) is 5.10 Å². The molecule has 1 amide bonds. The monoisotopic (exact) mass is 209 g/mol. The molecule has 1 aromatic rings. The van der Waals surface area contributed by atoms with E-state index in [0.29, 0.717) is 18.8 Å². The molecule has 0 radical (unpaired) electrons. The summed E-state index contributed by atoms with van der Waals surface area (Å²) < 4.78 is 0. The van der Waals surface area contributed by atoms with Crippen LogP contribution in [0.5, 0.6) is 0 Å². The van der Waals surface area contributed by atoms with Gasteiger partial charge < -0.3 is 5.73 Å². The molecule has 0 unspecified atom stereocenters. The summed E-state index contributed by atoms with van der Waals surface area (Å²) >= 11 is 0. The number of rotatable bonds is 5. The molecule has 0 aliphatic heterocycles. The van der Waals surface area contributed by atoms with Crippen molar-refractivity contribution in [3.63, 3.8) is 0 Å². The van der Waals surface area contributed by atoms with Crippen LogP contribution in [-0.4, -0.2) is 16.1 Å². The third-order valence-electron chi connectivity index (χ3n) is 2.51. The van der Waals surface area contributed by atoms with E-state index < -0.39 is 0 Å². The largest absolute Gasteiger partial charge is 0.370 e. The second-order valence-electron chi connectivity index (χ2n) is 4.04. The zero-order valence-electron chi connectivity index (χ0n) is 9.63. The van der Waals surface area contributed by atoms with Crippen molar-refractivity contribution in [3.05, 3.63) is 17.0 Å². The molecular formula is C11H19N3O. The van der Waals surface area contributed by atoms with Crippen molar-refractivity contribution in [1.29, 1.82) is 0 Å². The molecule has 84 valence electrons. The molecule has 0 aliphatic carbocycles. The van der Waals surface area contributed by atoms with Crippen LogP contribution in [0.3, 0.4) is 0 Å². The van der Waals surface area contributed by atoms with Crippen molar-refractivity contribution < 1.29 is 4.79 Å². The first-order valence-electron chi connectivity index (χ1n) is 5.40. The molecule has 4 nitrogen and oxygen atoms in total. The Kier molecular flexibility index (Phi) is 3.88. The lowest BCUT2D eigenvalue weighted by atomic mass is 9.99. The van der Waals surface area contributed by atoms with E-state index in [9.17, 15) is 4.79 Å². The van der Waals surface area contributed by atoms with E-state index >= 15 is 0 Å². The highest BCUT2D eigenvalue weighted by Gasteiger charge is 2.14. The van der Waals surface area contributed by atoms with Crippen LogP contribution in [0.4, 0.5) is 0 Å². The molecule has 0 fully saturated rings. The van der Waals surface area contributed by atoms with Crippen molar-refractivity contribution in [1.82, 2.24) is 10.2 Å². The highest BCUT2D eigenvalue weighted by Crippen LogP contribution is 2.21. The molecule has 0 spiro atoms. The average molecular weight is 209 g/mol. The maximum Gasteiger partial charge on any atom is 0.217 e. The molecule has 0 aliphatic rings. The van der Waals surface area contributed by atoms with Crippen molar-refractivity contribution in [3.8, 4) is 0 Å². The first-order chi connectivity index (χ1) is 7.06. The van der Waals surface area contributed by atoms with Crippen LogP contribution in [0, 0.1) is 0 Å². The fraction of sp³-hybridized carbons (Fsp3) is 0.636. The number of hydrogen-bond donors (Lipinski definition) is 2. The van der Waals surface area contributed by atoms with E-state index in [2.05, 4.69) is 31.0 Å². The molecule has 1 aromatic heterocycles. The van der Waals surface area contributed by atoms with E-state index in [4.69, 9.17) is 5.73 Å². The van der Waals surface area contributed by atoms with Crippen LogP contribution < -0.4 is 5.73 Å². The minimum atomic E-state index is -0.257. The van der Waals surface area contributed by atoms with Gasteiger partial charge >= 0.3 is 0 Å². The molecule has 4 heteroatoms. The van der Waals surface area contributed by atoms with Crippen LogP contribution in [0.1, 0.15) is 50.1 Å². The van der Waals surface area contributed by atoms with Gasteiger partial charge in [0.05, 0.1) is 5.69 Å². The van der Waals surface area contributed by atoms with Crippen LogP contribution in [0.25, 0.3) is 0 Å². The zero-order valence-corrected chi connectivity index (χ0v) is 9.63. The van der Waals surface area contributed by atoms with Gasteiger partial charge in [0.2, 0.25) is 5.91 Å². The molecule has 1 heterocycles. The quantitative estimate of drug-likeness (QED) is 0.771. The Balaban J connectivity index is 2.89. The zero-order chi connectivity index (χ0) is 11.4. The summed E-state index contributed by atoms with van der Waals surface area (Å²) in [6.07, 6.45) is 2.00. The third-order valence-corrected chi connectivity index (χ3v) is 2.51. The Morgan fingerprint density at radius 1 is 1.53 bits per heavy atom. The second-order valence-corrected chi connectivity index (χ2v) is 4.04. The Morgan fingerprint density at radius 3 is 2.67 bits per heavy atom. The number of H-pyrrole nitrogens is 1. The number of carbonyl (C=O) groups excluding carboxylic acids is 1. The number of aryl methyl sites for hydroxylation is 1. The second kappa shape index (κ2) is 4.96. The summed E-state index contributed by atoms with van der Waals surface area (Å²) in [7, 11) is 0. The summed E-state index contributed by atoms with van der Waals surface area (Å²) in [5, 5.41) is 7.31. The van der Waals surface area contributed by atoms with Crippen LogP contribution >= 0.6 is 0 Å². The summed E-state index contributed by atoms with van der Waals surface area (Å²) in [5.41, 5.74) is 8.52.